The fourth-order valence-electron chi connectivity index (χ4n) is 3.93. The first kappa shape index (κ1) is 23.7. The molecular weight excluding hydrogens is 452 g/mol. The number of sulfonamides is 1. The van der Waals surface area contributed by atoms with Crippen molar-refractivity contribution in [2.45, 2.75) is 23.5 Å². The van der Waals surface area contributed by atoms with Crippen molar-refractivity contribution < 1.29 is 22.8 Å². The Kier molecular flexibility index (Phi) is 7.42. The summed E-state index contributed by atoms with van der Waals surface area (Å²) in [5, 5.41) is 0. The predicted octanol–water partition coefficient (Wildman–Crippen LogP) is 3.66. The van der Waals surface area contributed by atoms with E-state index in [2.05, 4.69) is 5.48 Å². The Hall–Kier alpha value is -3.46. The van der Waals surface area contributed by atoms with Crippen molar-refractivity contribution >= 4 is 15.9 Å². The third-order valence-electron chi connectivity index (χ3n) is 5.65. The Morgan fingerprint density at radius 3 is 2.26 bits per heavy atom. The minimum absolute atomic E-state index is 0.0640. The fourth-order valence-corrected chi connectivity index (χ4v) is 5.49. The van der Waals surface area contributed by atoms with Gasteiger partial charge in [-0.3, -0.25) is 9.63 Å². The smallest absolute Gasteiger partial charge is 0.262 e. The molecule has 0 spiro atoms. The van der Waals surface area contributed by atoms with Crippen molar-refractivity contribution in [1.29, 1.82) is 0 Å². The summed E-state index contributed by atoms with van der Waals surface area (Å²) < 4.78 is 33.6. The standard InChI is InChI=1S/C26H26N2O5S/c1-32-22-14-16-23(17-15-22)34(30,31)28-18-8-13-24(21-11-6-3-7-12-21)25(28)26(29)27-33-19-20-9-4-2-5-10-20/h2-17,24-25H,18-19H2,1H3,(H,27,29). The molecule has 8 heteroatoms. The molecule has 3 aromatic carbocycles. The van der Waals surface area contributed by atoms with Crippen LogP contribution in [0.5, 0.6) is 5.75 Å². The normalized spacial score (nSPS) is 18.4. The molecule has 0 radical (unpaired) electrons. The highest BCUT2D eigenvalue weighted by Gasteiger charge is 2.42. The van der Waals surface area contributed by atoms with Crippen LogP contribution in [0.1, 0.15) is 17.0 Å². The van der Waals surface area contributed by atoms with Crippen LogP contribution in [0.3, 0.4) is 0 Å². The monoisotopic (exact) mass is 478 g/mol. The lowest BCUT2D eigenvalue weighted by Gasteiger charge is -2.36. The summed E-state index contributed by atoms with van der Waals surface area (Å²) in [6, 6.07) is 23.8. The maximum absolute atomic E-state index is 13.6. The van der Waals surface area contributed by atoms with Crippen molar-refractivity contribution in [3.63, 3.8) is 0 Å². The first-order valence-electron chi connectivity index (χ1n) is 10.8. The number of rotatable bonds is 8. The largest absolute Gasteiger partial charge is 0.497 e. The molecule has 1 aliphatic rings. The number of benzene rings is 3. The summed E-state index contributed by atoms with van der Waals surface area (Å²) in [6.45, 7) is 0.227. The SMILES string of the molecule is COc1ccc(S(=O)(=O)N2CC=CC(c3ccccc3)C2C(=O)NOCc2ccccc2)cc1. The number of amides is 1. The van der Waals surface area contributed by atoms with E-state index in [-0.39, 0.29) is 18.0 Å². The van der Waals surface area contributed by atoms with Crippen LogP contribution in [0.25, 0.3) is 0 Å². The van der Waals surface area contributed by atoms with E-state index in [9.17, 15) is 13.2 Å². The molecule has 0 saturated carbocycles. The van der Waals surface area contributed by atoms with Crippen LogP contribution < -0.4 is 10.2 Å². The van der Waals surface area contributed by atoms with Crippen LogP contribution in [0.15, 0.2) is 102 Å². The van der Waals surface area contributed by atoms with Gasteiger partial charge in [0, 0.05) is 12.5 Å². The van der Waals surface area contributed by atoms with E-state index in [0.717, 1.165) is 11.1 Å². The maximum atomic E-state index is 13.6. The summed E-state index contributed by atoms with van der Waals surface area (Å²) in [7, 11) is -2.48. The molecule has 3 aromatic rings. The van der Waals surface area contributed by atoms with Gasteiger partial charge in [-0.2, -0.15) is 4.31 Å². The highest BCUT2D eigenvalue weighted by Crippen LogP contribution is 2.33. The lowest BCUT2D eigenvalue weighted by atomic mass is 9.88. The maximum Gasteiger partial charge on any atom is 0.262 e. The summed E-state index contributed by atoms with van der Waals surface area (Å²) in [6.07, 6.45) is 3.64. The molecule has 4 rings (SSSR count). The van der Waals surface area contributed by atoms with Crippen molar-refractivity contribution in [3.05, 3.63) is 108 Å². The van der Waals surface area contributed by atoms with Gasteiger partial charge >= 0.3 is 0 Å². The molecule has 7 nitrogen and oxygen atoms in total. The van der Waals surface area contributed by atoms with E-state index in [1.807, 2.05) is 66.7 Å². The lowest BCUT2D eigenvalue weighted by Crippen LogP contribution is -2.53. The Labute approximate surface area is 199 Å². The van der Waals surface area contributed by atoms with Crippen LogP contribution in [-0.4, -0.2) is 38.3 Å². The summed E-state index contributed by atoms with van der Waals surface area (Å²) in [5.41, 5.74) is 4.19. The zero-order valence-corrected chi connectivity index (χ0v) is 19.5. The second kappa shape index (κ2) is 10.6. The quantitative estimate of drug-likeness (QED) is 0.395. The lowest BCUT2D eigenvalue weighted by molar-refractivity contribution is -0.139. The Balaban J connectivity index is 1.63. The van der Waals surface area contributed by atoms with Gasteiger partial charge in [-0.1, -0.05) is 72.8 Å². The zero-order valence-electron chi connectivity index (χ0n) is 18.7. The zero-order chi connectivity index (χ0) is 24.0. The van der Waals surface area contributed by atoms with Gasteiger partial charge in [-0.15, -0.1) is 0 Å². The van der Waals surface area contributed by atoms with Gasteiger partial charge in [0.1, 0.15) is 11.8 Å². The van der Waals surface area contributed by atoms with Crippen molar-refractivity contribution in [3.8, 4) is 5.75 Å². The van der Waals surface area contributed by atoms with Crippen molar-refractivity contribution in [2.75, 3.05) is 13.7 Å². The van der Waals surface area contributed by atoms with Crippen LogP contribution in [0.2, 0.25) is 0 Å². The van der Waals surface area contributed by atoms with Crippen LogP contribution in [-0.2, 0) is 26.3 Å². The molecule has 0 bridgehead atoms. The van der Waals surface area contributed by atoms with E-state index in [1.165, 1.54) is 23.5 Å². The number of nitrogens with one attached hydrogen (secondary N) is 1. The molecular formula is C26H26N2O5S. The molecule has 1 aliphatic heterocycles. The van der Waals surface area contributed by atoms with Crippen LogP contribution in [0.4, 0.5) is 0 Å². The van der Waals surface area contributed by atoms with Gasteiger partial charge in [-0.25, -0.2) is 13.9 Å². The number of hydrogen-bond acceptors (Lipinski definition) is 5. The van der Waals surface area contributed by atoms with E-state index in [1.54, 1.807) is 18.2 Å². The van der Waals surface area contributed by atoms with Gasteiger partial charge < -0.3 is 4.74 Å². The minimum Gasteiger partial charge on any atom is -0.497 e. The third-order valence-corrected chi connectivity index (χ3v) is 7.51. The molecule has 1 amide bonds. The van der Waals surface area contributed by atoms with Gasteiger partial charge in [0.15, 0.2) is 0 Å². The Bertz CT molecular complexity index is 1230. The first-order valence-corrected chi connectivity index (χ1v) is 12.3. The highest BCUT2D eigenvalue weighted by atomic mass is 32.2. The third kappa shape index (κ3) is 5.20. The van der Waals surface area contributed by atoms with Gasteiger partial charge in [0.05, 0.1) is 18.6 Å². The van der Waals surface area contributed by atoms with E-state index in [0.29, 0.717) is 5.75 Å². The van der Waals surface area contributed by atoms with E-state index in [4.69, 9.17) is 9.57 Å². The minimum atomic E-state index is -3.99. The summed E-state index contributed by atoms with van der Waals surface area (Å²) in [5.74, 6) is -0.474. The second-order valence-corrected chi connectivity index (χ2v) is 9.69. The Morgan fingerprint density at radius 2 is 1.62 bits per heavy atom. The molecule has 176 valence electrons. The Morgan fingerprint density at radius 1 is 0.971 bits per heavy atom. The number of carbonyl (C=O) groups is 1. The average Bonchev–Trinajstić information content (AvgIpc) is 2.89. The number of hydrogen-bond donors (Lipinski definition) is 1. The molecule has 1 heterocycles. The van der Waals surface area contributed by atoms with E-state index >= 15 is 0 Å². The first-order chi connectivity index (χ1) is 16.5. The number of carbonyl (C=O) groups excluding carboxylic acids is 1. The summed E-state index contributed by atoms with van der Waals surface area (Å²) >= 11 is 0. The highest BCUT2D eigenvalue weighted by molar-refractivity contribution is 7.89. The molecule has 0 fully saturated rings. The topological polar surface area (TPSA) is 84.9 Å². The molecule has 2 atom stereocenters. The van der Waals surface area contributed by atoms with Gasteiger partial charge in [0.25, 0.3) is 5.91 Å². The second-order valence-electron chi connectivity index (χ2n) is 7.80. The number of nitrogens with zero attached hydrogens (tertiary/aromatic N) is 1. The van der Waals surface area contributed by atoms with Gasteiger partial charge in [-0.05, 0) is 35.4 Å². The van der Waals surface area contributed by atoms with Crippen molar-refractivity contribution in [1.82, 2.24) is 9.79 Å². The fraction of sp³-hybridized carbons (Fsp3) is 0.192. The summed E-state index contributed by atoms with van der Waals surface area (Å²) in [4.78, 5) is 18.9. The molecule has 1 N–H and O–H groups in total. The van der Waals surface area contributed by atoms with Crippen molar-refractivity contribution in [2.24, 2.45) is 0 Å². The molecule has 0 saturated heterocycles. The molecule has 34 heavy (non-hydrogen) atoms. The predicted molar refractivity (Wildman–Crippen MR) is 128 cm³/mol. The number of ether oxygens (including phenoxy) is 1. The number of hydroxylamine groups is 1. The van der Waals surface area contributed by atoms with E-state index < -0.39 is 27.9 Å². The van der Waals surface area contributed by atoms with Crippen LogP contribution in [0, 0.1) is 0 Å². The molecule has 0 aliphatic carbocycles. The number of methoxy groups -OCH3 is 1. The van der Waals surface area contributed by atoms with Gasteiger partial charge in [0.2, 0.25) is 10.0 Å². The van der Waals surface area contributed by atoms with Crippen LogP contribution >= 0.6 is 0 Å². The average molecular weight is 479 g/mol. The molecule has 2 unspecified atom stereocenters. The molecule has 0 aromatic heterocycles.